The van der Waals surface area contributed by atoms with Crippen molar-refractivity contribution >= 4 is 40.9 Å². The molecular formula is C23H19Cl2N3O2. The standard InChI is InChI=1S/C23H19Cl2N3O2/c1-2-30-22-8-4-3-7-21(22)27-23(29)17(14-26)12-19-6-5-11-28(19)15-16-9-10-18(24)13-20(16)25/h3-13H,2,15H2,1H3,(H,27,29). The largest absolute Gasteiger partial charge is 0.492 e. The molecule has 0 unspecified atom stereocenters. The smallest absolute Gasteiger partial charge is 0.266 e. The van der Waals surface area contributed by atoms with Gasteiger partial charge in [0, 0.05) is 28.5 Å². The van der Waals surface area contributed by atoms with E-state index in [0.29, 0.717) is 40.3 Å². The first-order chi connectivity index (χ1) is 14.5. The predicted octanol–water partition coefficient (Wildman–Crippen LogP) is 5.79. The molecule has 0 aliphatic rings. The first-order valence-electron chi connectivity index (χ1n) is 9.26. The zero-order valence-electron chi connectivity index (χ0n) is 16.2. The number of para-hydroxylation sites is 2. The average molecular weight is 440 g/mol. The molecule has 1 heterocycles. The molecule has 2 aromatic carbocycles. The van der Waals surface area contributed by atoms with Crippen molar-refractivity contribution in [3.63, 3.8) is 0 Å². The number of hydrogen-bond acceptors (Lipinski definition) is 3. The van der Waals surface area contributed by atoms with E-state index in [9.17, 15) is 10.1 Å². The molecule has 0 radical (unpaired) electrons. The van der Waals surface area contributed by atoms with Crippen molar-refractivity contribution in [2.75, 3.05) is 11.9 Å². The molecule has 0 spiro atoms. The second-order valence-corrected chi connectivity index (χ2v) is 7.19. The SMILES string of the molecule is CCOc1ccccc1NC(=O)C(C#N)=Cc1cccn1Cc1ccc(Cl)cc1Cl. The molecule has 1 N–H and O–H groups in total. The Labute approximate surface area is 185 Å². The monoisotopic (exact) mass is 439 g/mol. The average Bonchev–Trinajstić information content (AvgIpc) is 3.16. The number of benzene rings is 2. The maximum atomic E-state index is 12.7. The number of nitrogens with zero attached hydrogens (tertiary/aromatic N) is 2. The molecule has 152 valence electrons. The van der Waals surface area contributed by atoms with Gasteiger partial charge in [-0.25, -0.2) is 0 Å². The van der Waals surface area contributed by atoms with Gasteiger partial charge < -0.3 is 14.6 Å². The Morgan fingerprint density at radius 1 is 1.20 bits per heavy atom. The van der Waals surface area contributed by atoms with Gasteiger partial charge in [-0.3, -0.25) is 4.79 Å². The van der Waals surface area contributed by atoms with Crippen LogP contribution in [0.1, 0.15) is 18.2 Å². The first-order valence-corrected chi connectivity index (χ1v) is 10.0. The summed E-state index contributed by atoms with van der Waals surface area (Å²) in [4.78, 5) is 12.7. The van der Waals surface area contributed by atoms with E-state index in [4.69, 9.17) is 27.9 Å². The molecule has 0 aliphatic carbocycles. The van der Waals surface area contributed by atoms with Crippen molar-refractivity contribution < 1.29 is 9.53 Å². The van der Waals surface area contributed by atoms with Crippen LogP contribution in [0.4, 0.5) is 5.69 Å². The third kappa shape index (κ3) is 5.24. The maximum absolute atomic E-state index is 12.7. The third-order valence-corrected chi connectivity index (χ3v) is 4.90. The van der Waals surface area contributed by atoms with Crippen LogP contribution >= 0.6 is 23.2 Å². The summed E-state index contributed by atoms with van der Waals surface area (Å²) in [6, 6.07) is 18.0. The van der Waals surface area contributed by atoms with E-state index in [2.05, 4.69) is 5.32 Å². The zero-order chi connectivity index (χ0) is 21.5. The number of ether oxygens (including phenoxy) is 1. The summed E-state index contributed by atoms with van der Waals surface area (Å²) in [6.07, 6.45) is 3.40. The Bertz CT molecular complexity index is 1130. The number of anilines is 1. The molecule has 0 saturated heterocycles. The second-order valence-electron chi connectivity index (χ2n) is 6.35. The number of carbonyl (C=O) groups excluding carboxylic acids is 1. The lowest BCUT2D eigenvalue weighted by molar-refractivity contribution is -0.112. The summed E-state index contributed by atoms with van der Waals surface area (Å²) in [5.41, 5.74) is 2.06. The number of hydrogen-bond donors (Lipinski definition) is 1. The van der Waals surface area contributed by atoms with Crippen LogP contribution in [0.3, 0.4) is 0 Å². The molecule has 0 atom stereocenters. The summed E-state index contributed by atoms with van der Waals surface area (Å²) in [7, 11) is 0. The lowest BCUT2D eigenvalue weighted by atomic mass is 10.2. The molecule has 0 saturated carbocycles. The Kier molecular flexibility index (Phi) is 7.18. The number of amides is 1. The number of aromatic nitrogens is 1. The lowest BCUT2D eigenvalue weighted by Crippen LogP contribution is -2.14. The highest BCUT2D eigenvalue weighted by atomic mass is 35.5. The molecule has 5 nitrogen and oxygen atoms in total. The number of halogens is 2. The minimum absolute atomic E-state index is 0.0246. The summed E-state index contributed by atoms with van der Waals surface area (Å²) in [5.74, 6) is 0.0355. The fourth-order valence-corrected chi connectivity index (χ4v) is 3.34. The summed E-state index contributed by atoms with van der Waals surface area (Å²) < 4.78 is 7.42. The Hall–Kier alpha value is -3.20. The van der Waals surface area contributed by atoms with Gasteiger partial charge in [-0.05, 0) is 55.0 Å². The van der Waals surface area contributed by atoms with Gasteiger partial charge in [0.1, 0.15) is 17.4 Å². The van der Waals surface area contributed by atoms with Gasteiger partial charge in [-0.15, -0.1) is 0 Å². The molecule has 0 bridgehead atoms. The minimum atomic E-state index is -0.512. The minimum Gasteiger partial charge on any atom is -0.492 e. The lowest BCUT2D eigenvalue weighted by Gasteiger charge is -2.11. The van der Waals surface area contributed by atoms with Crippen molar-refractivity contribution in [3.8, 4) is 11.8 Å². The van der Waals surface area contributed by atoms with Crippen LogP contribution in [0, 0.1) is 11.3 Å². The Balaban J connectivity index is 1.83. The number of nitrogens with one attached hydrogen (secondary N) is 1. The molecular weight excluding hydrogens is 421 g/mol. The topological polar surface area (TPSA) is 67.0 Å². The molecule has 1 amide bonds. The van der Waals surface area contributed by atoms with E-state index in [1.165, 1.54) is 0 Å². The number of carbonyl (C=O) groups is 1. The van der Waals surface area contributed by atoms with Crippen molar-refractivity contribution in [1.82, 2.24) is 4.57 Å². The summed E-state index contributed by atoms with van der Waals surface area (Å²) in [5, 5.41) is 13.4. The van der Waals surface area contributed by atoms with Gasteiger partial charge >= 0.3 is 0 Å². The normalized spacial score (nSPS) is 11.1. The summed E-state index contributed by atoms with van der Waals surface area (Å²) in [6.45, 7) is 2.80. The molecule has 30 heavy (non-hydrogen) atoms. The van der Waals surface area contributed by atoms with Gasteiger partial charge in [0.15, 0.2) is 0 Å². The number of nitriles is 1. The van der Waals surface area contributed by atoms with Crippen LogP contribution in [-0.4, -0.2) is 17.1 Å². The van der Waals surface area contributed by atoms with Crippen LogP contribution in [0.25, 0.3) is 6.08 Å². The van der Waals surface area contributed by atoms with E-state index in [1.54, 1.807) is 36.4 Å². The van der Waals surface area contributed by atoms with E-state index in [0.717, 1.165) is 5.56 Å². The third-order valence-electron chi connectivity index (χ3n) is 4.31. The van der Waals surface area contributed by atoms with Crippen LogP contribution in [0.2, 0.25) is 10.0 Å². The van der Waals surface area contributed by atoms with Gasteiger partial charge in [-0.2, -0.15) is 5.26 Å². The highest BCUT2D eigenvalue weighted by molar-refractivity contribution is 6.35. The van der Waals surface area contributed by atoms with Crippen LogP contribution in [-0.2, 0) is 11.3 Å². The van der Waals surface area contributed by atoms with E-state index in [-0.39, 0.29) is 5.57 Å². The molecule has 7 heteroatoms. The quantitative estimate of drug-likeness (QED) is 0.374. The van der Waals surface area contributed by atoms with E-state index >= 15 is 0 Å². The van der Waals surface area contributed by atoms with Crippen molar-refractivity contribution in [2.24, 2.45) is 0 Å². The van der Waals surface area contributed by atoms with Gasteiger partial charge in [0.25, 0.3) is 5.91 Å². The highest BCUT2D eigenvalue weighted by Crippen LogP contribution is 2.25. The van der Waals surface area contributed by atoms with Gasteiger partial charge in [-0.1, -0.05) is 41.4 Å². The van der Waals surface area contributed by atoms with Crippen LogP contribution in [0.15, 0.2) is 66.4 Å². The molecule has 3 aromatic rings. The first kappa shape index (κ1) is 21.5. The van der Waals surface area contributed by atoms with Crippen LogP contribution < -0.4 is 10.1 Å². The molecule has 1 aromatic heterocycles. The number of rotatable bonds is 7. The molecule has 0 fully saturated rings. The fraction of sp³-hybridized carbons (Fsp3) is 0.130. The summed E-state index contributed by atoms with van der Waals surface area (Å²) >= 11 is 12.2. The molecule has 3 rings (SSSR count). The van der Waals surface area contributed by atoms with E-state index in [1.807, 2.05) is 48.0 Å². The second kappa shape index (κ2) is 10.0. The van der Waals surface area contributed by atoms with Gasteiger partial charge in [0.2, 0.25) is 0 Å². The highest BCUT2D eigenvalue weighted by Gasteiger charge is 2.14. The Morgan fingerprint density at radius 2 is 2.00 bits per heavy atom. The van der Waals surface area contributed by atoms with Gasteiger partial charge in [0.05, 0.1) is 12.3 Å². The zero-order valence-corrected chi connectivity index (χ0v) is 17.7. The fourth-order valence-electron chi connectivity index (χ4n) is 2.87. The van der Waals surface area contributed by atoms with E-state index < -0.39 is 5.91 Å². The van der Waals surface area contributed by atoms with Crippen molar-refractivity contribution in [2.45, 2.75) is 13.5 Å². The molecule has 0 aliphatic heterocycles. The Morgan fingerprint density at radius 3 is 2.73 bits per heavy atom. The van der Waals surface area contributed by atoms with Crippen molar-refractivity contribution in [3.05, 3.63) is 87.7 Å². The van der Waals surface area contributed by atoms with Crippen LogP contribution in [0.5, 0.6) is 5.75 Å². The maximum Gasteiger partial charge on any atom is 0.266 e. The predicted molar refractivity (Wildman–Crippen MR) is 120 cm³/mol. The van der Waals surface area contributed by atoms with Crippen molar-refractivity contribution in [1.29, 1.82) is 5.26 Å².